The van der Waals surface area contributed by atoms with Gasteiger partial charge in [-0.15, -0.1) is 0 Å². The molecule has 5 heteroatoms. The summed E-state index contributed by atoms with van der Waals surface area (Å²) in [6.45, 7) is 3.63. The molecule has 0 saturated heterocycles. The lowest BCUT2D eigenvalue weighted by Crippen LogP contribution is -2.17. The van der Waals surface area contributed by atoms with Gasteiger partial charge in [-0.05, 0) is 54.8 Å². The van der Waals surface area contributed by atoms with Crippen LogP contribution in [0.2, 0.25) is 0 Å². The summed E-state index contributed by atoms with van der Waals surface area (Å²) in [5.41, 5.74) is 5.22. The number of aromatic nitrogens is 1. The maximum absolute atomic E-state index is 11.7. The van der Waals surface area contributed by atoms with Gasteiger partial charge in [0.15, 0.2) is 0 Å². The number of rotatable bonds is 3. The highest BCUT2D eigenvalue weighted by molar-refractivity contribution is 5.94. The fourth-order valence-corrected chi connectivity index (χ4v) is 1.79. The molecule has 102 valence electrons. The molecule has 0 saturated carbocycles. The SMILES string of the molecule is Cc1cc(C=NNC(=O)c2cccnc2)cc(C)c1O. The molecule has 20 heavy (non-hydrogen) atoms. The summed E-state index contributed by atoms with van der Waals surface area (Å²) < 4.78 is 0. The Labute approximate surface area is 117 Å². The van der Waals surface area contributed by atoms with Crippen LogP contribution in [-0.4, -0.2) is 22.2 Å². The number of hydrogen-bond acceptors (Lipinski definition) is 4. The van der Waals surface area contributed by atoms with E-state index in [2.05, 4.69) is 15.5 Å². The van der Waals surface area contributed by atoms with Gasteiger partial charge in [0, 0.05) is 12.4 Å². The highest BCUT2D eigenvalue weighted by Gasteiger charge is 2.04. The van der Waals surface area contributed by atoms with Crippen LogP contribution >= 0.6 is 0 Å². The van der Waals surface area contributed by atoms with Crippen molar-refractivity contribution < 1.29 is 9.90 Å². The number of phenolic OH excluding ortho intramolecular Hbond substituents is 1. The summed E-state index contributed by atoms with van der Waals surface area (Å²) >= 11 is 0. The Morgan fingerprint density at radius 1 is 1.35 bits per heavy atom. The molecule has 1 amide bonds. The van der Waals surface area contributed by atoms with Gasteiger partial charge < -0.3 is 5.11 Å². The standard InChI is InChI=1S/C15H15N3O2/c1-10-6-12(7-11(2)14(10)19)8-17-18-15(20)13-4-3-5-16-9-13/h3-9,19H,1-2H3,(H,18,20). The van der Waals surface area contributed by atoms with Gasteiger partial charge in [0.05, 0.1) is 11.8 Å². The van der Waals surface area contributed by atoms with Crippen LogP contribution in [0.4, 0.5) is 0 Å². The first-order valence-electron chi connectivity index (χ1n) is 6.11. The maximum atomic E-state index is 11.7. The zero-order chi connectivity index (χ0) is 14.5. The monoisotopic (exact) mass is 269 g/mol. The minimum absolute atomic E-state index is 0.279. The number of pyridine rings is 1. The Morgan fingerprint density at radius 3 is 2.65 bits per heavy atom. The van der Waals surface area contributed by atoms with Crippen LogP contribution in [0.5, 0.6) is 5.75 Å². The molecule has 1 heterocycles. The van der Waals surface area contributed by atoms with E-state index in [1.165, 1.54) is 12.4 Å². The second-order valence-corrected chi connectivity index (χ2v) is 4.44. The normalized spacial score (nSPS) is 10.7. The number of nitrogens with zero attached hydrogens (tertiary/aromatic N) is 2. The average Bonchev–Trinajstić information content (AvgIpc) is 2.45. The second kappa shape index (κ2) is 5.97. The molecule has 0 spiro atoms. The van der Waals surface area contributed by atoms with E-state index in [4.69, 9.17) is 0 Å². The van der Waals surface area contributed by atoms with Crippen molar-refractivity contribution in [2.24, 2.45) is 5.10 Å². The summed E-state index contributed by atoms with van der Waals surface area (Å²) in [7, 11) is 0. The van der Waals surface area contributed by atoms with Crippen molar-refractivity contribution in [1.29, 1.82) is 0 Å². The predicted molar refractivity (Wildman–Crippen MR) is 76.9 cm³/mol. The van der Waals surface area contributed by atoms with Gasteiger partial charge in [-0.3, -0.25) is 9.78 Å². The Morgan fingerprint density at radius 2 is 2.05 bits per heavy atom. The Kier molecular flexibility index (Phi) is 4.10. The van der Waals surface area contributed by atoms with Gasteiger partial charge >= 0.3 is 0 Å². The van der Waals surface area contributed by atoms with Crippen molar-refractivity contribution in [1.82, 2.24) is 10.4 Å². The smallest absolute Gasteiger partial charge is 0.272 e. The molecule has 2 aromatic rings. The van der Waals surface area contributed by atoms with Crippen molar-refractivity contribution in [3.63, 3.8) is 0 Å². The fourth-order valence-electron chi connectivity index (χ4n) is 1.79. The van der Waals surface area contributed by atoms with Gasteiger partial charge in [-0.2, -0.15) is 5.10 Å². The Bertz CT molecular complexity index is 628. The van der Waals surface area contributed by atoms with Crippen LogP contribution in [0.25, 0.3) is 0 Å². The van der Waals surface area contributed by atoms with Crippen molar-refractivity contribution >= 4 is 12.1 Å². The molecule has 5 nitrogen and oxygen atoms in total. The molecule has 2 N–H and O–H groups in total. The number of hydrogen-bond donors (Lipinski definition) is 2. The number of hydrazone groups is 1. The van der Waals surface area contributed by atoms with Crippen LogP contribution in [0.3, 0.4) is 0 Å². The summed E-state index contributed by atoms with van der Waals surface area (Å²) in [6.07, 6.45) is 4.61. The van der Waals surface area contributed by atoms with Gasteiger partial charge in [0.1, 0.15) is 5.75 Å². The van der Waals surface area contributed by atoms with E-state index in [0.717, 1.165) is 16.7 Å². The summed E-state index contributed by atoms with van der Waals surface area (Å²) in [4.78, 5) is 15.6. The fraction of sp³-hybridized carbons (Fsp3) is 0.133. The van der Waals surface area contributed by atoms with E-state index in [1.807, 2.05) is 13.8 Å². The molecule has 0 aliphatic rings. The number of phenols is 1. The molecule has 1 aromatic carbocycles. The molecule has 1 aromatic heterocycles. The van der Waals surface area contributed by atoms with Gasteiger partial charge in [-0.1, -0.05) is 0 Å². The molecule has 0 radical (unpaired) electrons. The third kappa shape index (κ3) is 3.20. The molecule has 0 atom stereocenters. The third-order valence-corrected chi connectivity index (χ3v) is 2.82. The number of amides is 1. The molecule has 0 aliphatic carbocycles. The van der Waals surface area contributed by atoms with E-state index < -0.39 is 0 Å². The third-order valence-electron chi connectivity index (χ3n) is 2.82. The zero-order valence-corrected chi connectivity index (χ0v) is 11.3. The number of carbonyl (C=O) groups is 1. The molecular formula is C15H15N3O2. The molecule has 2 rings (SSSR count). The van der Waals surface area contributed by atoms with Crippen LogP contribution in [-0.2, 0) is 0 Å². The average molecular weight is 269 g/mol. The lowest BCUT2D eigenvalue weighted by atomic mass is 10.1. The first kappa shape index (κ1) is 13.7. The number of carbonyl (C=O) groups excluding carboxylic acids is 1. The van der Waals surface area contributed by atoms with Crippen LogP contribution in [0, 0.1) is 13.8 Å². The van der Waals surface area contributed by atoms with Crippen LogP contribution in [0.1, 0.15) is 27.0 Å². The Hall–Kier alpha value is -2.69. The maximum Gasteiger partial charge on any atom is 0.272 e. The number of aromatic hydroxyl groups is 1. The first-order chi connectivity index (χ1) is 9.58. The summed E-state index contributed by atoms with van der Waals surface area (Å²) in [5.74, 6) is -0.0388. The summed E-state index contributed by atoms with van der Waals surface area (Å²) in [5, 5.41) is 13.6. The summed E-state index contributed by atoms with van der Waals surface area (Å²) in [6, 6.07) is 6.93. The molecule has 0 fully saturated rings. The minimum Gasteiger partial charge on any atom is -0.507 e. The highest BCUT2D eigenvalue weighted by atomic mass is 16.3. The van der Waals surface area contributed by atoms with Gasteiger partial charge in [0.2, 0.25) is 0 Å². The first-order valence-corrected chi connectivity index (χ1v) is 6.11. The number of aryl methyl sites for hydroxylation is 2. The van der Waals surface area contributed by atoms with E-state index in [-0.39, 0.29) is 11.7 Å². The lowest BCUT2D eigenvalue weighted by molar-refractivity contribution is 0.0955. The molecular weight excluding hydrogens is 254 g/mol. The largest absolute Gasteiger partial charge is 0.507 e. The number of benzene rings is 1. The highest BCUT2D eigenvalue weighted by Crippen LogP contribution is 2.21. The van der Waals surface area contributed by atoms with Crippen LogP contribution < -0.4 is 5.43 Å². The van der Waals surface area contributed by atoms with E-state index in [9.17, 15) is 9.90 Å². The van der Waals surface area contributed by atoms with Gasteiger partial charge in [0.25, 0.3) is 5.91 Å². The van der Waals surface area contributed by atoms with Crippen LogP contribution in [0.15, 0.2) is 41.8 Å². The van der Waals surface area contributed by atoms with Crippen molar-refractivity contribution in [3.8, 4) is 5.75 Å². The van der Waals surface area contributed by atoms with Crippen molar-refractivity contribution in [2.75, 3.05) is 0 Å². The predicted octanol–water partition coefficient (Wildman–Crippen LogP) is 2.17. The topological polar surface area (TPSA) is 74.6 Å². The molecule has 0 unspecified atom stereocenters. The lowest BCUT2D eigenvalue weighted by Gasteiger charge is -2.04. The van der Waals surface area contributed by atoms with E-state index in [1.54, 1.807) is 30.5 Å². The van der Waals surface area contributed by atoms with Gasteiger partial charge in [-0.25, -0.2) is 5.43 Å². The van der Waals surface area contributed by atoms with Crippen molar-refractivity contribution in [3.05, 3.63) is 58.9 Å². The van der Waals surface area contributed by atoms with E-state index in [0.29, 0.717) is 5.56 Å². The molecule has 0 bridgehead atoms. The minimum atomic E-state index is -0.318. The van der Waals surface area contributed by atoms with E-state index >= 15 is 0 Å². The number of nitrogens with one attached hydrogen (secondary N) is 1. The molecule has 0 aliphatic heterocycles. The Balaban J connectivity index is 2.06. The quantitative estimate of drug-likeness (QED) is 0.662. The zero-order valence-electron chi connectivity index (χ0n) is 11.3. The second-order valence-electron chi connectivity index (χ2n) is 4.44. The van der Waals surface area contributed by atoms with Crippen molar-refractivity contribution in [2.45, 2.75) is 13.8 Å².